The number of esters is 1. The molecule has 0 aliphatic carbocycles. The normalized spacial score (nSPS) is 24.3. The van der Waals surface area contributed by atoms with Crippen molar-refractivity contribution >= 4 is 23.4 Å². The third-order valence-electron chi connectivity index (χ3n) is 4.04. The minimum atomic E-state index is -0.814. The van der Waals surface area contributed by atoms with Gasteiger partial charge in [0.2, 0.25) is 0 Å². The molecule has 7 heteroatoms. The number of hydrogen-bond acceptors (Lipinski definition) is 6. The van der Waals surface area contributed by atoms with Gasteiger partial charge in [0.15, 0.2) is 5.78 Å². The Hall–Kier alpha value is -2.31. The molecule has 0 saturated carbocycles. The first-order valence-corrected chi connectivity index (χ1v) is 8.54. The number of ketones is 1. The fourth-order valence-electron chi connectivity index (χ4n) is 2.73. The summed E-state index contributed by atoms with van der Waals surface area (Å²) in [5.74, 6) is -2.07. The Kier molecular flexibility index (Phi) is 6.83. The van der Waals surface area contributed by atoms with Crippen LogP contribution < -0.4 is 0 Å². The molecule has 0 amide bonds. The highest BCUT2D eigenvalue weighted by Crippen LogP contribution is 2.37. The van der Waals surface area contributed by atoms with Crippen molar-refractivity contribution in [2.45, 2.75) is 38.4 Å². The van der Waals surface area contributed by atoms with Gasteiger partial charge in [-0.05, 0) is 19.4 Å². The van der Waals surface area contributed by atoms with Crippen LogP contribution in [0.25, 0.3) is 0 Å². The number of ether oxygens (including phenoxy) is 2. The van der Waals surface area contributed by atoms with Crippen LogP contribution >= 0.6 is 11.6 Å². The number of rotatable bonds is 1. The maximum atomic E-state index is 12.6. The lowest BCUT2D eigenvalue weighted by molar-refractivity contribution is -0.114. The van der Waals surface area contributed by atoms with Crippen molar-refractivity contribution < 1.29 is 29.3 Å². The Morgan fingerprint density at radius 1 is 1.23 bits per heavy atom. The Bertz CT molecular complexity index is 753. The lowest BCUT2D eigenvalue weighted by atomic mass is 9.99. The smallest absolute Gasteiger partial charge is 0.342 e. The van der Waals surface area contributed by atoms with Gasteiger partial charge in [-0.3, -0.25) is 4.79 Å². The van der Waals surface area contributed by atoms with Gasteiger partial charge >= 0.3 is 5.97 Å². The molecule has 1 aliphatic heterocycles. The number of methoxy groups -OCH3 is 1. The zero-order valence-corrected chi connectivity index (χ0v) is 15.3. The highest BCUT2D eigenvalue weighted by molar-refractivity contribution is 6.33. The van der Waals surface area contributed by atoms with Gasteiger partial charge in [0.05, 0.1) is 11.1 Å². The fourth-order valence-corrected chi connectivity index (χ4v) is 2.95. The second kappa shape index (κ2) is 8.87. The van der Waals surface area contributed by atoms with E-state index in [1.54, 1.807) is 26.2 Å². The van der Waals surface area contributed by atoms with E-state index in [2.05, 4.69) is 0 Å². The molecule has 1 heterocycles. The summed E-state index contributed by atoms with van der Waals surface area (Å²) in [5.41, 5.74) is -0.191. The first-order chi connectivity index (χ1) is 12.3. The zero-order valence-electron chi connectivity index (χ0n) is 14.6. The van der Waals surface area contributed by atoms with E-state index < -0.39 is 23.6 Å². The second-order valence-corrected chi connectivity index (χ2v) is 6.44. The van der Waals surface area contributed by atoms with Crippen molar-refractivity contribution in [2.75, 3.05) is 7.11 Å². The van der Waals surface area contributed by atoms with Crippen LogP contribution in [0.4, 0.5) is 0 Å². The van der Waals surface area contributed by atoms with Gasteiger partial charge in [-0.15, -0.1) is 0 Å². The van der Waals surface area contributed by atoms with Crippen LogP contribution in [0.3, 0.4) is 0 Å². The number of phenols is 2. The Labute approximate surface area is 156 Å². The van der Waals surface area contributed by atoms with E-state index in [1.165, 1.54) is 6.08 Å². The number of allylic oxidation sites excluding steroid dienone is 3. The maximum Gasteiger partial charge on any atom is 0.342 e. The van der Waals surface area contributed by atoms with Crippen molar-refractivity contribution in [3.8, 4) is 11.5 Å². The Morgan fingerprint density at radius 2 is 1.96 bits per heavy atom. The lowest BCUT2D eigenvalue weighted by Crippen LogP contribution is -2.23. The molecule has 0 spiro atoms. The zero-order chi connectivity index (χ0) is 19.3. The third kappa shape index (κ3) is 4.86. The third-order valence-corrected chi connectivity index (χ3v) is 4.46. The van der Waals surface area contributed by atoms with E-state index in [1.807, 2.05) is 6.08 Å². The average molecular weight is 381 g/mol. The molecule has 0 saturated heterocycles. The van der Waals surface area contributed by atoms with E-state index in [-0.39, 0.29) is 34.5 Å². The van der Waals surface area contributed by atoms with E-state index in [4.69, 9.17) is 21.1 Å². The molecular weight excluding hydrogens is 360 g/mol. The molecule has 1 aliphatic rings. The first-order valence-electron chi connectivity index (χ1n) is 8.16. The molecule has 1 aromatic rings. The quantitative estimate of drug-likeness (QED) is 0.726. The van der Waals surface area contributed by atoms with Gasteiger partial charge in [-0.2, -0.15) is 0 Å². The van der Waals surface area contributed by atoms with Crippen LogP contribution in [0.5, 0.6) is 11.5 Å². The van der Waals surface area contributed by atoms with Crippen LogP contribution in [-0.4, -0.2) is 41.3 Å². The molecule has 1 aromatic carbocycles. The number of phenolic OH excluding ortho intramolecular Hbond substituents is 2. The molecule has 0 fully saturated rings. The van der Waals surface area contributed by atoms with Crippen LogP contribution in [0.2, 0.25) is 5.02 Å². The van der Waals surface area contributed by atoms with Crippen molar-refractivity contribution in [3.63, 3.8) is 0 Å². The number of benzene rings is 1. The van der Waals surface area contributed by atoms with Crippen LogP contribution in [0, 0.1) is 0 Å². The summed E-state index contributed by atoms with van der Waals surface area (Å²) in [7, 11) is 1.57. The maximum absolute atomic E-state index is 12.6. The van der Waals surface area contributed by atoms with Gasteiger partial charge in [-0.25, -0.2) is 4.79 Å². The summed E-state index contributed by atoms with van der Waals surface area (Å²) in [6, 6.07) is 0.956. The standard InChI is InChI=1S/C19H21ClO6/c1-11-8-13(25-2)7-5-3-4-6-12(21)9-14-17(19(24)26-11)15(22)10-16(23)18(14)20/h3-6,10-11,13,22-23H,7-9H2,1-2H3/b5-3+,6-4-/t11-,13+/m1/s1. The number of carbonyl (C=O) groups is 2. The van der Waals surface area contributed by atoms with Crippen molar-refractivity contribution in [3.05, 3.63) is 46.5 Å². The minimum Gasteiger partial charge on any atom is -0.507 e. The summed E-state index contributed by atoms with van der Waals surface area (Å²) in [6.45, 7) is 1.71. The van der Waals surface area contributed by atoms with Crippen molar-refractivity contribution in [1.82, 2.24) is 0 Å². The van der Waals surface area contributed by atoms with Crippen LogP contribution in [-0.2, 0) is 20.7 Å². The van der Waals surface area contributed by atoms with E-state index in [0.29, 0.717) is 12.8 Å². The number of hydrogen-bond donors (Lipinski definition) is 2. The van der Waals surface area contributed by atoms with Gasteiger partial charge in [0.25, 0.3) is 0 Å². The second-order valence-electron chi connectivity index (χ2n) is 6.06. The van der Waals surface area contributed by atoms with Gasteiger partial charge in [-0.1, -0.05) is 29.8 Å². The number of carbonyl (C=O) groups excluding carboxylic acids is 2. The molecule has 140 valence electrons. The molecule has 0 radical (unpaired) electrons. The highest BCUT2D eigenvalue weighted by atomic mass is 35.5. The number of cyclic esters (lactones) is 1. The van der Waals surface area contributed by atoms with Crippen molar-refractivity contribution in [2.24, 2.45) is 0 Å². The molecule has 0 aromatic heterocycles. The van der Waals surface area contributed by atoms with Gasteiger partial charge in [0, 0.05) is 31.6 Å². The number of halogens is 1. The molecule has 2 atom stereocenters. The monoisotopic (exact) mass is 380 g/mol. The van der Waals surface area contributed by atoms with Crippen molar-refractivity contribution in [1.29, 1.82) is 0 Å². The Morgan fingerprint density at radius 3 is 2.65 bits per heavy atom. The molecule has 2 rings (SSSR count). The predicted molar refractivity (Wildman–Crippen MR) is 96.7 cm³/mol. The highest BCUT2D eigenvalue weighted by Gasteiger charge is 2.26. The molecule has 6 nitrogen and oxygen atoms in total. The topological polar surface area (TPSA) is 93.1 Å². The molecule has 0 unspecified atom stereocenters. The Balaban J connectivity index is 2.49. The molecule has 26 heavy (non-hydrogen) atoms. The SMILES string of the molecule is CO[C@H]1C/C=C/C=C\C(=O)Cc2c(Cl)c(O)cc(O)c2C(=O)O[C@H](C)C1. The fraction of sp³-hybridized carbons (Fsp3) is 0.368. The first kappa shape index (κ1) is 20.0. The lowest BCUT2D eigenvalue weighted by Gasteiger charge is -2.20. The van der Waals surface area contributed by atoms with Gasteiger partial charge in [0.1, 0.15) is 23.2 Å². The van der Waals surface area contributed by atoms with E-state index >= 15 is 0 Å². The minimum absolute atomic E-state index is 0.0281. The summed E-state index contributed by atoms with van der Waals surface area (Å²) in [6.07, 6.45) is 6.64. The molecule has 0 bridgehead atoms. The summed E-state index contributed by atoms with van der Waals surface area (Å²) in [5, 5.41) is 19.8. The summed E-state index contributed by atoms with van der Waals surface area (Å²) < 4.78 is 10.8. The van der Waals surface area contributed by atoms with Crippen LogP contribution in [0.1, 0.15) is 35.7 Å². The molecular formula is C19H21ClO6. The predicted octanol–water partition coefficient (Wildman–Crippen LogP) is 3.33. The summed E-state index contributed by atoms with van der Waals surface area (Å²) in [4.78, 5) is 24.7. The molecule has 2 N–H and O–H groups in total. The van der Waals surface area contributed by atoms with E-state index in [0.717, 1.165) is 6.07 Å². The van der Waals surface area contributed by atoms with E-state index in [9.17, 15) is 19.8 Å². The number of aromatic hydroxyl groups is 2. The average Bonchev–Trinajstić information content (AvgIpc) is 2.57. The largest absolute Gasteiger partial charge is 0.507 e. The van der Waals surface area contributed by atoms with Crippen LogP contribution in [0.15, 0.2) is 30.4 Å². The van der Waals surface area contributed by atoms with Gasteiger partial charge < -0.3 is 19.7 Å². The summed E-state index contributed by atoms with van der Waals surface area (Å²) >= 11 is 6.07. The number of fused-ring (bicyclic) bond motifs is 1.